The van der Waals surface area contributed by atoms with E-state index in [2.05, 4.69) is 39.7 Å². The van der Waals surface area contributed by atoms with Gasteiger partial charge < -0.3 is 10.2 Å². The summed E-state index contributed by atoms with van der Waals surface area (Å²) < 4.78 is 13.0. The first-order valence-corrected chi connectivity index (χ1v) is 11.0. The summed E-state index contributed by atoms with van der Waals surface area (Å²) in [5.41, 5.74) is 0.666. The minimum Gasteiger partial charge on any atom is -0.326 e. The molecule has 1 amide bonds. The maximum Gasteiger partial charge on any atom is 0.228 e. The molecule has 1 N–H and O–H groups in total. The van der Waals surface area contributed by atoms with E-state index < -0.39 is 0 Å². The van der Waals surface area contributed by atoms with E-state index in [0.717, 1.165) is 32.6 Å². The molecular formula is C22H28FN3OS. The van der Waals surface area contributed by atoms with E-state index in [1.54, 1.807) is 12.1 Å². The average molecular weight is 402 g/mol. The molecule has 0 spiro atoms. The van der Waals surface area contributed by atoms with Crippen molar-refractivity contribution in [2.24, 2.45) is 11.8 Å². The molecule has 0 unspecified atom stereocenters. The SMILES string of the molecule is CN1C[C@H](C(=O)Nc2ccc(F)cc2)C[C@H]1C1CCN(Cc2cccs2)CC1. The van der Waals surface area contributed by atoms with Crippen LogP contribution in [0.5, 0.6) is 0 Å². The quantitative estimate of drug-likeness (QED) is 0.821. The molecule has 2 fully saturated rings. The molecular weight excluding hydrogens is 373 g/mol. The molecule has 6 heteroatoms. The zero-order chi connectivity index (χ0) is 19.5. The summed E-state index contributed by atoms with van der Waals surface area (Å²) >= 11 is 1.83. The van der Waals surface area contributed by atoms with E-state index in [4.69, 9.17) is 0 Å². The number of thiophene rings is 1. The van der Waals surface area contributed by atoms with Gasteiger partial charge in [0.1, 0.15) is 5.82 Å². The van der Waals surface area contributed by atoms with E-state index in [-0.39, 0.29) is 17.6 Å². The van der Waals surface area contributed by atoms with Crippen LogP contribution in [0, 0.1) is 17.7 Å². The number of amides is 1. The van der Waals surface area contributed by atoms with Crippen LogP contribution in [0.1, 0.15) is 24.1 Å². The number of nitrogens with zero attached hydrogens (tertiary/aromatic N) is 2. The number of anilines is 1. The lowest BCUT2D eigenvalue weighted by atomic mass is 9.86. The standard InChI is InChI=1S/C22H28FN3OS/c1-25-14-17(22(27)24-19-6-4-18(23)5-7-19)13-21(25)16-8-10-26(11-9-16)15-20-3-2-12-28-20/h2-7,12,16-17,21H,8-11,13-15H2,1H3,(H,24,27)/t17-,21+/m1/s1. The highest BCUT2D eigenvalue weighted by Gasteiger charge is 2.39. The second kappa shape index (κ2) is 8.72. The third-order valence-corrected chi connectivity index (χ3v) is 7.08. The fraction of sp³-hybridized carbons (Fsp3) is 0.500. The Balaban J connectivity index is 1.28. The molecule has 150 valence electrons. The maximum absolute atomic E-state index is 13.0. The number of likely N-dealkylation sites (tertiary alicyclic amines) is 2. The van der Waals surface area contributed by atoms with E-state index in [9.17, 15) is 9.18 Å². The van der Waals surface area contributed by atoms with Gasteiger partial charge in [0.15, 0.2) is 0 Å². The summed E-state index contributed by atoms with van der Waals surface area (Å²) in [5.74, 6) is 0.428. The molecule has 2 aliphatic rings. The lowest BCUT2D eigenvalue weighted by molar-refractivity contribution is -0.119. The number of hydrogen-bond donors (Lipinski definition) is 1. The number of carbonyl (C=O) groups is 1. The number of halogens is 1. The number of hydrogen-bond acceptors (Lipinski definition) is 4. The van der Waals surface area contributed by atoms with Crippen molar-refractivity contribution in [3.05, 3.63) is 52.5 Å². The largest absolute Gasteiger partial charge is 0.326 e. The predicted molar refractivity (Wildman–Crippen MR) is 112 cm³/mol. The molecule has 2 atom stereocenters. The fourth-order valence-electron chi connectivity index (χ4n) is 4.67. The van der Waals surface area contributed by atoms with Gasteiger partial charge in [0.05, 0.1) is 5.92 Å². The van der Waals surface area contributed by atoms with Crippen LogP contribution in [0.25, 0.3) is 0 Å². The molecule has 1 aromatic carbocycles. The van der Waals surface area contributed by atoms with Crippen molar-refractivity contribution in [3.63, 3.8) is 0 Å². The lowest BCUT2D eigenvalue weighted by Gasteiger charge is -2.36. The highest BCUT2D eigenvalue weighted by Crippen LogP contribution is 2.34. The van der Waals surface area contributed by atoms with Crippen molar-refractivity contribution < 1.29 is 9.18 Å². The topological polar surface area (TPSA) is 35.6 Å². The number of carbonyl (C=O) groups excluding carboxylic acids is 1. The van der Waals surface area contributed by atoms with Gasteiger partial charge in [0, 0.05) is 29.7 Å². The molecule has 4 rings (SSSR count). The Morgan fingerprint density at radius 3 is 2.64 bits per heavy atom. The summed E-state index contributed by atoms with van der Waals surface area (Å²) in [6, 6.07) is 10.8. The summed E-state index contributed by atoms with van der Waals surface area (Å²) in [7, 11) is 2.15. The van der Waals surface area contributed by atoms with Crippen LogP contribution in [0.3, 0.4) is 0 Å². The number of rotatable bonds is 5. The lowest BCUT2D eigenvalue weighted by Crippen LogP contribution is -2.41. The van der Waals surface area contributed by atoms with Gasteiger partial charge >= 0.3 is 0 Å². The third-order valence-electron chi connectivity index (χ3n) is 6.22. The minimum atomic E-state index is -0.288. The molecule has 3 heterocycles. The highest BCUT2D eigenvalue weighted by molar-refractivity contribution is 7.09. The Labute approximate surface area is 170 Å². The third kappa shape index (κ3) is 4.62. The van der Waals surface area contributed by atoms with Gasteiger partial charge in [-0.25, -0.2) is 4.39 Å². The molecule has 2 saturated heterocycles. The number of benzene rings is 1. The van der Waals surface area contributed by atoms with Crippen molar-refractivity contribution in [2.45, 2.75) is 31.8 Å². The van der Waals surface area contributed by atoms with Gasteiger partial charge in [-0.1, -0.05) is 6.07 Å². The van der Waals surface area contributed by atoms with Crippen molar-refractivity contribution in [3.8, 4) is 0 Å². The molecule has 28 heavy (non-hydrogen) atoms. The van der Waals surface area contributed by atoms with E-state index in [0.29, 0.717) is 17.6 Å². The molecule has 2 aliphatic heterocycles. The minimum absolute atomic E-state index is 0.00389. The van der Waals surface area contributed by atoms with E-state index in [1.165, 1.54) is 29.9 Å². The van der Waals surface area contributed by atoms with Gasteiger partial charge in [-0.3, -0.25) is 9.69 Å². The maximum atomic E-state index is 13.0. The van der Waals surface area contributed by atoms with Crippen molar-refractivity contribution in [1.29, 1.82) is 0 Å². The first-order valence-electron chi connectivity index (χ1n) is 10.1. The first kappa shape index (κ1) is 19.6. The molecule has 0 aliphatic carbocycles. The summed E-state index contributed by atoms with van der Waals surface area (Å²) in [6.45, 7) is 4.14. The van der Waals surface area contributed by atoms with E-state index >= 15 is 0 Å². The Morgan fingerprint density at radius 1 is 1.21 bits per heavy atom. The highest BCUT2D eigenvalue weighted by atomic mass is 32.1. The fourth-order valence-corrected chi connectivity index (χ4v) is 5.41. The van der Waals surface area contributed by atoms with Crippen LogP contribution in [-0.4, -0.2) is 48.4 Å². The Hall–Kier alpha value is -1.76. The summed E-state index contributed by atoms with van der Waals surface area (Å²) in [6.07, 6.45) is 3.32. The smallest absolute Gasteiger partial charge is 0.228 e. The van der Waals surface area contributed by atoms with Crippen LogP contribution in [0.2, 0.25) is 0 Å². The van der Waals surface area contributed by atoms with Gasteiger partial charge in [0.25, 0.3) is 0 Å². The van der Waals surface area contributed by atoms with Crippen molar-refractivity contribution in [1.82, 2.24) is 9.80 Å². The Kier molecular flexibility index (Phi) is 6.09. The zero-order valence-corrected chi connectivity index (χ0v) is 17.1. The van der Waals surface area contributed by atoms with Crippen LogP contribution >= 0.6 is 11.3 Å². The van der Waals surface area contributed by atoms with Crippen LogP contribution < -0.4 is 5.32 Å². The van der Waals surface area contributed by atoms with Crippen LogP contribution in [0.15, 0.2) is 41.8 Å². The van der Waals surface area contributed by atoms with Crippen LogP contribution in [0.4, 0.5) is 10.1 Å². The Morgan fingerprint density at radius 2 is 1.96 bits per heavy atom. The molecule has 2 aromatic rings. The number of nitrogens with one attached hydrogen (secondary N) is 1. The second-order valence-electron chi connectivity index (χ2n) is 8.13. The molecule has 1 aromatic heterocycles. The van der Waals surface area contributed by atoms with Gasteiger partial charge in [0.2, 0.25) is 5.91 Å². The van der Waals surface area contributed by atoms with E-state index in [1.807, 2.05) is 11.3 Å². The van der Waals surface area contributed by atoms with Gasteiger partial charge in [-0.15, -0.1) is 11.3 Å². The molecule has 4 nitrogen and oxygen atoms in total. The normalized spacial score (nSPS) is 24.5. The summed E-state index contributed by atoms with van der Waals surface area (Å²) in [4.78, 5) is 19.0. The Bertz CT molecular complexity index is 772. The van der Waals surface area contributed by atoms with Crippen molar-refractivity contribution in [2.75, 3.05) is 32.0 Å². The van der Waals surface area contributed by atoms with Crippen LogP contribution in [-0.2, 0) is 11.3 Å². The van der Waals surface area contributed by atoms with Gasteiger partial charge in [-0.05, 0) is 81.0 Å². The monoisotopic (exact) mass is 401 g/mol. The average Bonchev–Trinajstić information content (AvgIpc) is 3.34. The molecule has 0 saturated carbocycles. The zero-order valence-electron chi connectivity index (χ0n) is 16.3. The second-order valence-corrected chi connectivity index (χ2v) is 9.16. The molecule has 0 bridgehead atoms. The molecule has 0 radical (unpaired) electrons. The summed E-state index contributed by atoms with van der Waals surface area (Å²) in [5, 5.41) is 5.09. The first-order chi connectivity index (χ1) is 13.6. The number of piperidine rings is 1. The van der Waals surface area contributed by atoms with Gasteiger partial charge in [-0.2, -0.15) is 0 Å². The van der Waals surface area contributed by atoms with Crippen molar-refractivity contribution >= 4 is 22.9 Å². The predicted octanol–water partition coefficient (Wildman–Crippen LogP) is 4.06.